The summed E-state index contributed by atoms with van der Waals surface area (Å²) in [6, 6.07) is 24.9. The Hall–Kier alpha value is -2.92. The highest BCUT2D eigenvalue weighted by Crippen LogP contribution is 2.25. The molecule has 0 atom stereocenters. The average molecular weight is 423 g/mol. The first-order valence-electron chi connectivity index (χ1n) is 8.45. The zero-order valence-corrected chi connectivity index (χ0v) is 16.4. The molecule has 0 aliphatic heterocycles. The summed E-state index contributed by atoms with van der Waals surface area (Å²) in [5, 5.41) is 4.14. The minimum Gasteiger partial charge on any atom is -0.496 e. The minimum atomic E-state index is -0.436. The lowest BCUT2D eigenvalue weighted by atomic mass is 9.91. The van der Waals surface area contributed by atoms with E-state index in [9.17, 15) is 4.79 Å². The van der Waals surface area contributed by atoms with Gasteiger partial charge in [0.15, 0.2) is 0 Å². The van der Waals surface area contributed by atoms with Crippen LogP contribution < -0.4 is 10.2 Å². The van der Waals surface area contributed by atoms with Crippen molar-refractivity contribution in [2.45, 2.75) is 5.92 Å². The van der Waals surface area contributed by atoms with E-state index >= 15 is 0 Å². The zero-order valence-electron chi connectivity index (χ0n) is 14.8. The number of ether oxygens (including phenoxy) is 1. The smallest absolute Gasteiger partial charge is 0.252 e. The molecule has 0 spiro atoms. The summed E-state index contributed by atoms with van der Waals surface area (Å²) in [6.45, 7) is 0. The Labute approximate surface area is 167 Å². The predicted octanol–water partition coefficient (Wildman–Crippen LogP) is 4.74. The number of halogens is 1. The fourth-order valence-electron chi connectivity index (χ4n) is 2.82. The van der Waals surface area contributed by atoms with Gasteiger partial charge in [-0.3, -0.25) is 4.79 Å². The lowest BCUT2D eigenvalue weighted by Crippen LogP contribution is -2.26. The van der Waals surface area contributed by atoms with Gasteiger partial charge in [0.25, 0.3) is 5.91 Å². The highest BCUT2D eigenvalue weighted by molar-refractivity contribution is 9.10. The van der Waals surface area contributed by atoms with Gasteiger partial charge in [-0.1, -0.05) is 76.6 Å². The van der Waals surface area contributed by atoms with E-state index in [1.807, 2.05) is 78.9 Å². The monoisotopic (exact) mass is 422 g/mol. The number of nitrogens with zero attached hydrogens (tertiary/aromatic N) is 1. The summed E-state index contributed by atoms with van der Waals surface area (Å²) in [7, 11) is 1.60. The largest absolute Gasteiger partial charge is 0.496 e. The number of hydrogen-bond donors (Lipinski definition) is 1. The molecule has 0 saturated heterocycles. The van der Waals surface area contributed by atoms with Crippen molar-refractivity contribution < 1.29 is 9.53 Å². The molecule has 0 saturated carbocycles. The topological polar surface area (TPSA) is 50.7 Å². The Morgan fingerprint density at radius 2 is 1.59 bits per heavy atom. The number of benzene rings is 3. The molecular formula is C22H19BrN2O2. The van der Waals surface area contributed by atoms with Gasteiger partial charge in [-0.25, -0.2) is 5.43 Å². The molecule has 5 heteroatoms. The Kier molecular flexibility index (Phi) is 6.39. The number of hydrogen-bond acceptors (Lipinski definition) is 3. The van der Waals surface area contributed by atoms with Crippen LogP contribution in [0.4, 0.5) is 0 Å². The molecular weight excluding hydrogens is 404 g/mol. The molecule has 3 rings (SSSR count). The number of hydrazone groups is 1. The third kappa shape index (κ3) is 4.83. The minimum absolute atomic E-state index is 0.197. The molecule has 1 N–H and O–H groups in total. The molecule has 3 aromatic carbocycles. The molecule has 0 radical (unpaired) electrons. The van der Waals surface area contributed by atoms with Crippen molar-refractivity contribution in [1.29, 1.82) is 0 Å². The van der Waals surface area contributed by atoms with E-state index in [1.54, 1.807) is 13.3 Å². The molecule has 0 fully saturated rings. The molecule has 0 aromatic heterocycles. The molecule has 27 heavy (non-hydrogen) atoms. The highest BCUT2D eigenvalue weighted by Gasteiger charge is 2.22. The summed E-state index contributed by atoms with van der Waals surface area (Å²) in [4.78, 5) is 12.9. The van der Waals surface area contributed by atoms with Crippen LogP contribution in [0.3, 0.4) is 0 Å². The molecule has 4 nitrogen and oxygen atoms in total. The lowest BCUT2D eigenvalue weighted by molar-refractivity contribution is -0.121. The van der Waals surface area contributed by atoms with Gasteiger partial charge >= 0.3 is 0 Å². The van der Waals surface area contributed by atoms with Crippen molar-refractivity contribution in [2.24, 2.45) is 5.10 Å². The SMILES string of the molecule is COc1ccc(Br)cc1C=NNC(=O)C(c1ccccc1)c1ccccc1. The first-order valence-corrected chi connectivity index (χ1v) is 9.24. The number of nitrogens with one attached hydrogen (secondary N) is 1. The Balaban J connectivity index is 1.83. The summed E-state index contributed by atoms with van der Waals surface area (Å²) < 4.78 is 6.22. The van der Waals surface area contributed by atoms with Crippen LogP contribution in [0.2, 0.25) is 0 Å². The van der Waals surface area contributed by atoms with Gasteiger partial charge in [-0.15, -0.1) is 0 Å². The van der Waals surface area contributed by atoms with Gasteiger partial charge in [-0.2, -0.15) is 5.10 Å². The second-order valence-electron chi connectivity index (χ2n) is 5.87. The maximum Gasteiger partial charge on any atom is 0.252 e. The standard InChI is InChI=1S/C22H19BrN2O2/c1-27-20-13-12-19(23)14-18(20)15-24-25-22(26)21(16-8-4-2-5-9-16)17-10-6-3-7-11-17/h2-15,21H,1H3,(H,25,26). The van der Waals surface area contributed by atoms with E-state index < -0.39 is 5.92 Å². The summed E-state index contributed by atoms with van der Waals surface area (Å²) >= 11 is 3.43. The van der Waals surface area contributed by atoms with Crippen molar-refractivity contribution in [3.8, 4) is 5.75 Å². The van der Waals surface area contributed by atoms with Crippen LogP contribution in [0.15, 0.2) is 88.4 Å². The van der Waals surface area contributed by atoms with E-state index in [-0.39, 0.29) is 5.91 Å². The van der Waals surface area contributed by atoms with Crippen LogP contribution in [0.1, 0.15) is 22.6 Å². The van der Waals surface area contributed by atoms with E-state index in [0.29, 0.717) is 5.75 Å². The van der Waals surface area contributed by atoms with E-state index in [0.717, 1.165) is 21.2 Å². The number of rotatable bonds is 6. The van der Waals surface area contributed by atoms with Crippen LogP contribution >= 0.6 is 15.9 Å². The van der Waals surface area contributed by atoms with Crippen LogP contribution in [-0.2, 0) is 4.79 Å². The quantitative estimate of drug-likeness (QED) is 0.460. The molecule has 0 heterocycles. The summed E-state index contributed by atoms with van der Waals surface area (Å²) in [5.41, 5.74) is 5.25. The zero-order chi connectivity index (χ0) is 19.1. The van der Waals surface area contributed by atoms with Gasteiger partial charge in [-0.05, 0) is 29.3 Å². The number of carbonyl (C=O) groups is 1. The van der Waals surface area contributed by atoms with Gasteiger partial charge in [0.1, 0.15) is 5.75 Å². The molecule has 0 aliphatic rings. The van der Waals surface area contributed by atoms with E-state index in [4.69, 9.17) is 4.74 Å². The molecule has 0 bridgehead atoms. The van der Waals surface area contributed by atoms with Gasteiger partial charge in [0.05, 0.1) is 19.2 Å². The molecule has 0 aliphatic carbocycles. The Morgan fingerprint density at radius 3 is 2.15 bits per heavy atom. The molecule has 1 amide bonds. The predicted molar refractivity (Wildman–Crippen MR) is 111 cm³/mol. The van der Waals surface area contributed by atoms with Crippen molar-refractivity contribution in [2.75, 3.05) is 7.11 Å². The highest BCUT2D eigenvalue weighted by atomic mass is 79.9. The second-order valence-corrected chi connectivity index (χ2v) is 6.79. The van der Waals surface area contributed by atoms with Crippen LogP contribution in [0.5, 0.6) is 5.75 Å². The average Bonchev–Trinajstić information content (AvgIpc) is 2.70. The third-order valence-electron chi connectivity index (χ3n) is 4.10. The van der Waals surface area contributed by atoms with Gasteiger partial charge < -0.3 is 4.74 Å². The van der Waals surface area contributed by atoms with Crippen molar-refractivity contribution in [3.05, 3.63) is 100 Å². The Morgan fingerprint density at radius 1 is 1.00 bits per heavy atom. The third-order valence-corrected chi connectivity index (χ3v) is 4.59. The number of methoxy groups -OCH3 is 1. The molecule has 3 aromatic rings. The van der Waals surface area contributed by atoms with E-state index in [2.05, 4.69) is 26.5 Å². The van der Waals surface area contributed by atoms with E-state index in [1.165, 1.54) is 0 Å². The first kappa shape index (κ1) is 18.9. The maximum absolute atomic E-state index is 12.9. The number of amides is 1. The maximum atomic E-state index is 12.9. The van der Waals surface area contributed by atoms with Crippen molar-refractivity contribution >= 4 is 28.1 Å². The summed E-state index contributed by atoms with van der Waals surface area (Å²) in [5.74, 6) is 0.0467. The Bertz CT molecular complexity index is 888. The van der Waals surface area contributed by atoms with Gasteiger partial charge in [0.2, 0.25) is 0 Å². The number of carbonyl (C=O) groups excluding carboxylic acids is 1. The molecule has 136 valence electrons. The van der Waals surface area contributed by atoms with Crippen molar-refractivity contribution in [3.63, 3.8) is 0 Å². The summed E-state index contributed by atoms with van der Waals surface area (Å²) in [6.07, 6.45) is 1.58. The van der Waals surface area contributed by atoms with Crippen LogP contribution in [0, 0.1) is 0 Å². The molecule has 0 unspecified atom stereocenters. The lowest BCUT2D eigenvalue weighted by Gasteiger charge is -2.16. The normalized spacial score (nSPS) is 10.9. The second kappa shape index (κ2) is 9.14. The van der Waals surface area contributed by atoms with Crippen LogP contribution in [0.25, 0.3) is 0 Å². The van der Waals surface area contributed by atoms with Crippen molar-refractivity contribution in [1.82, 2.24) is 5.43 Å². The fourth-order valence-corrected chi connectivity index (χ4v) is 3.20. The van der Waals surface area contributed by atoms with Gasteiger partial charge in [0, 0.05) is 10.0 Å². The van der Waals surface area contributed by atoms with Crippen LogP contribution in [-0.4, -0.2) is 19.2 Å². The first-order chi connectivity index (χ1) is 13.2. The fraction of sp³-hybridized carbons (Fsp3) is 0.0909.